The van der Waals surface area contributed by atoms with Gasteiger partial charge in [-0.3, -0.25) is 0 Å². The lowest BCUT2D eigenvalue weighted by atomic mass is 10.2. The highest BCUT2D eigenvalue weighted by atomic mass is 28.4. The van der Waals surface area contributed by atoms with Crippen molar-refractivity contribution < 1.29 is 14.3 Å². The first kappa shape index (κ1) is 27.1. The highest BCUT2D eigenvalue weighted by Gasteiger charge is 2.51. The Balaban J connectivity index is 1.47. The third-order valence-corrected chi connectivity index (χ3v) is 12.4. The van der Waals surface area contributed by atoms with Crippen molar-refractivity contribution in [3.05, 3.63) is 78.8 Å². The van der Waals surface area contributed by atoms with Crippen LogP contribution in [-0.2, 0) is 9.16 Å². The zero-order valence-electron chi connectivity index (χ0n) is 22.5. The van der Waals surface area contributed by atoms with E-state index in [0.29, 0.717) is 28.8 Å². The van der Waals surface area contributed by atoms with E-state index in [1.165, 1.54) is 16.7 Å². The number of hydrogen-bond donors (Lipinski definition) is 3. The normalized spacial score (nSPS) is 19.7. The molecule has 1 aliphatic rings. The van der Waals surface area contributed by atoms with Crippen molar-refractivity contribution >= 4 is 35.5 Å². The molecule has 5 N–H and O–H groups in total. The predicted octanol–water partition coefficient (Wildman–Crippen LogP) is 2.55. The molecule has 1 aliphatic heterocycles. The summed E-state index contributed by atoms with van der Waals surface area (Å²) < 4.78 is 15.3. The Morgan fingerprint density at radius 2 is 1.72 bits per heavy atom. The molecule has 0 bridgehead atoms. The van der Waals surface area contributed by atoms with Crippen LogP contribution in [0.4, 0.5) is 5.82 Å². The fourth-order valence-electron chi connectivity index (χ4n) is 5.57. The molecule has 0 amide bonds. The lowest BCUT2D eigenvalue weighted by molar-refractivity contribution is -0.0397. The number of rotatable bonds is 6. The summed E-state index contributed by atoms with van der Waals surface area (Å²) in [6.07, 6.45) is 1.95. The van der Waals surface area contributed by atoms with E-state index in [-0.39, 0.29) is 18.2 Å². The van der Waals surface area contributed by atoms with Gasteiger partial charge in [-0.2, -0.15) is 0 Å². The van der Waals surface area contributed by atoms with Crippen molar-refractivity contribution in [2.24, 2.45) is 5.73 Å². The molecule has 9 heteroatoms. The van der Waals surface area contributed by atoms with Gasteiger partial charge in [-0.1, -0.05) is 93.3 Å². The number of benzene rings is 2. The largest absolute Gasteiger partial charge is 0.405 e. The summed E-state index contributed by atoms with van der Waals surface area (Å²) in [6.45, 7) is 7.16. The second kappa shape index (κ2) is 10.9. The van der Waals surface area contributed by atoms with Gasteiger partial charge in [-0.25, -0.2) is 9.97 Å². The van der Waals surface area contributed by atoms with E-state index in [4.69, 9.17) is 20.6 Å². The van der Waals surface area contributed by atoms with Gasteiger partial charge in [-0.15, -0.1) is 0 Å². The molecule has 0 aliphatic carbocycles. The van der Waals surface area contributed by atoms with Crippen LogP contribution in [0.3, 0.4) is 0 Å². The van der Waals surface area contributed by atoms with Crippen molar-refractivity contribution in [1.82, 2.24) is 14.5 Å². The summed E-state index contributed by atoms with van der Waals surface area (Å²) in [6, 6.07) is 20.9. The number of nitrogens with zero attached hydrogens (tertiary/aromatic N) is 3. The Morgan fingerprint density at radius 1 is 1.08 bits per heavy atom. The maximum absolute atomic E-state index is 11.1. The summed E-state index contributed by atoms with van der Waals surface area (Å²) in [4.78, 5) is 8.58. The van der Waals surface area contributed by atoms with Crippen LogP contribution in [0.1, 0.15) is 39.0 Å². The summed E-state index contributed by atoms with van der Waals surface area (Å²) in [5, 5.41) is 14.0. The SMILES string of the molecule is CC(C)(C)[Si](OC[C@H]1O[C@@H](n2cc(C#CCN)c3c(N)ncnc32)C[C@H]1O)(c1ccccc1)c1ccccc1. The molecular formula is C30H35N5O3Si. The molecule has 1 saturated heterocycles. The fourth-order valence-corrected chi connectivity index (χ4v) is 10.1. The van der Waals surface area contributed by atoms with Crippen LogP contribution in [0.15, 0.2) is 73.2 Å². The van der Waals surface area contributed by atoms with E-state index in [1.54, 1.807) is 0 Å². The minimum atomic E-state index is -2.77. The Labute approximate surface area is 230 Å². The third kappa shape index (κ3) is 4.98. The van der Waals surface area contributed by atoms with Gasteiger partial charge in [-0.05, 0) is 15.4 Å². The van der Waals surface area contributed by atoms with Gasteiger partial charge in [0.05, 0.1) is 30.2 Å². The zero-order valence-corrected chi connectivity index (χ0v) is 23.5. The van der Waals surface area contributed by atoms with Crippen molar-refractivity contribution in [2.45, 2.75) is 50.7 Å². The predicted molar refractivity (Wildman–Crippen MR) is 156 cm³/mol. The molecule has 5 rings (SSSR count). The number of anilines is 1. The van der Waals surface area contributed by atoms with Crippen LogP contribution in [0.25, 0.3) is 11.0 Å². The standard InChI is InChI=1S/C30H35N5O3Si/c1-30(2,3)39(22-12-6-4-7-13-22,23-14-8-5-9-15-23)37-19-25-24(36)17-26(38-25)35-18-21(11-10-16-31)27-28(32)33-20-34-29(27)35/h4-9,12-15,18,20,24-26,36H,16-17,19,31H2,1-3H3,(H2,32,33,34)/t24-,25-,26-/m1/s1. The number of nitrogen functional groups attached to an aromatic ring is 1. The second-order valence-electron chi connectivity index (χ2n) is 10.8. The fraction of sp³-hybridized carbons (Fsp3) is 0.333. The van der Waals surface area contributed by atoms with Crippen molar-refractivity contribution in [1.29, 1.82) is 0 Å². The highest BCUT2D eigenvalue weighted by Crippen LogP contribution is 2.39. The van der Waals surface area contributed by atoms with Crippen molar-refractivity contribution in [3.8, 4) is 11.8 Å². The Bertz CT molecular complexity index is 1450. The Hall–Kier alpha value is -3.52. The lowest BCUT2D eigenvalue weighted by Crippen LogP contribution is -2.67. The van der Waals surface area contributed by atoms with Crippen LogP contribution >= 0.6 is 0 Å². The van der Waals surface area contributed by atoms with Gasteiger partial charge >= 0.3 is 0 Å². The van der Waals surface area contributed by atoms with Gasteiger partial charge in [0.15, 0.2) is 0 Å². The van der Waals surface area contributed by atoms with Gasteiger partial charge in [0, 0.05) is 12.6 Å². The van der Waals surface area contributed by atoms with Gasteiger partial charge in [0.25, 0.3) is 8.32 Å². The molecule has 39 heavy (non-hydrogen) atoms. The van der Waals surface area contributed by atoms with E-state index < -0.39 is 26.8 Å². The lowest BCUT2D eigenvalue weighted by Gasteiger charge is -2.43. The number of ether oxygens (including phenoxy) is 1. The minimum Gasteiger partial charge on any atom is -0.405 e. The van der Waals surface area contributed by atoms with Gasteiger partial charge < -0.3 is 30.3 Å². The smallest absolute Gasteiger partial charge is 0.261 e. The monoisotopic (exact) mass is 541 g/mol. The zero-order chi connectivity index (χ0) is 27.6. The molecule has 8 nitrogen and oxygen atoms in total. The van der Waals surface area contributed by atoms with Crippen LogP contribution in [-0.4, -0.2) is 53.3 Å². The first-order valence-corrected chi connectivity index (χ1v) is 15.1. The number of aliphatic hydroxyl groups is 1. The molecule has 2 aromatic carbocycles. The van der Waals surface area contributed by atoms with Crippen molar-refractivity contribution in [2.75, 3.05) is 18.9 Å². The van der Waals surface area contributed by atoms with E-state index in [9.17, 15) is 5.11 Å². The molecule has 2 aromatic heterocycles. The average Bonchev–Trinajstić information content (AvgIpc) is 3.49. The number of fused-ring (bicyclic) bond motifs is 1. The van der Waals surface area contributed by atoms with E-state index in [1.807, 2.05) is 22.9 Å². The maximum atomic E-state index is 11.1. The number of hydrogen-bond acceptors (Lipinski definition) is 7. The quantitative estimate of drug-likeness (QED) is 0.253. The van der Waals surface area contributed by atoms with Gasteiger partial charge in [0.2, 0.25) is 0 Å². The molecule has 4 aromatic rings. The first-order chi connectivity index (χ1) is 18.8. The number of aliphatic hydroxyl groups excluding tert-OH is 1. The molecule has 0 saturated carbocycles. The molecule has 0 spiro atoms. The molecule has 1 fully saturated rings. The topological polar surface area (TPSA) is 121 Å². The van der Waals surface area contributed by atoms with Gasteiger partial charge in [0.1, 0.15) is 30.1 Å². The first-order valence-electron chi connectivity index (χ1n) is 13.1. The average molecular weight is 542 g/mol. The molecule has 0 unspecified atom stereocenters. The summed E-state index contributed by atoms with van der Waals surface area (Å²) in [5.41, 5.74) is 13.1. The number of aromatic nitrogens is 3. The van der Waals surface area contributed by atoms with Crippen molar-refractivity contribution in [3.63, 3.8) is 0 Å². The molecule has 202 valence electrons. The second-order valence-corrected chi connectivity index (χ2v) is 15.1. The van der Waals surface area contributed by atoms with Crippen LogP contribution in [0, 0.1) is 11.8 Å². The molecule has 3 atom stereocenters. The Morgan fingerprint density at radius 3 is 2.31 bits per heavy atom. The summed E-state index contributed by atoms with van der Waals surface area (Å²) >= 11 is 0. The molecule has 3 heterocycles. The van der Waals surface area contributed by atoms with Crippen LogP contribution in [0.2, 0.25) is 5.04 Å². The van der Waals surface area contributed by atoms with E-state index in [0.717, 1.165) is 0 Å². The number of nitrogens with two attached hydrogens (primary N) is 2. The maximum Gasteiger partial charge on any atom is 0.261 e. The van der Waals surface area contributed by atoms with Crippen LogP contribution < -0.4 is 21.8 Å². The highest BCUT2D eigenvalue weighted by molar-refractivity contribution is 6.99. The van der Waals surface area contributed by atoms with E-state index in [2.05, 4.69) is 91.1 Å². The third-order valence-electron chi connectivity index (χ3n) is 7.36. The van der Waals surface area contributed by atoms with E-state index >= 15 is 0 Å². The molecule has 0 radical (unpaired) electrons. The Kier molecular flexibility index (Phi) is 7.58. The minimum absolute atomic E-state index is 0.180. The summed E-state index contributed by atoms with van der Waals surface area (Å²) in [5.74, 6) is 6.27. The molecular weight excluding hydrogens is 506 g/mol. The summed E-state index contributed by atoms with van der Waals surface area (Å²) in [7, 11) is -2.77. The van der Waals surface area contributed by atoms with Crippen LogP contribution in [0.5, 0.6) is 0 Å².